The molecule has 0 amide bonds. The number of ether oxygens (including phenoxy) is 4. The summed E-state index contributed by atoms with van der Waals surface area (Å²) in [5.41, 5.74) is 12.4. The molecule has 0 unspecified atom stereocenters. The molecule has 44 heavy (non-hydrogen) atoms. The van der Waals surface area contributed by atoms with Gasteiger partial charge in [-0.05, 0) is 42.3 Å². The van der Waals surface area contributed by atoms with Gasteiger partial charge in [-0.15, -0.1) is 5.53 Å². The van der Waals surface area contributed by atoms with Crippen LogP contribution < -0.4 is 25.8 Å². The smallest absolute Gasteiger partial charge is 0.163 e. The van der Waals surface area contributed by atoms with Crippen molar-refractivity contribution in [3.8, 4) is 11.5 Å². The number of fused-ring (bicyclic) bond motifs is 2. The van der Waals surface area contributed by atoms with Gasteiger partial charge in [-0.3, -0.25) is 5.01 Å². The van der Waals surface area contributed by atoms with Crippen LogP contribution in [0.5, 0.6) is 11.5 Å². The molecule has 2 aromatic heterocycles. The molecule has 0 atom stereocenters. The minimum absolute atomic E-state index is 0.380. The van der Waals surface area contributed by atoms with Crippen LogP contribution in [0.25, 0.3) is 27.5 Å². The second kappa shape index (κ2) is 13.8. The summed E-state index contributed by atoms with van der Waals surface area (Å²) in [4.78, 5) is 12.3. The zero-order valence-corrected chi connectivity index (χ0v) is 25.3. The first-order valence-corrected chi connectivity index (χ1v) is 14.6. The first-order valence-electron chi connectivity index (χ1n) is 14.3. The van der Waals surface area contributed by atoms with Crippen molar-refractivity contribution in [3.05, 3.63) is 89.5 Å². The van der Waals surface area contributed by atoms with Crippen LogP contribution in [0.2, 0.25) is 5.02 Å². The summed E-state index contributed by atoms with van der Waals surface area (Å²) >= 11 is 6.14. The zero-order valence-electron chi connectivity index (χ0n) is 24.5. The van der Waals surface area contributed by atoms with Crippen molar-refractivity contribution in [2.45, 2.75) is 6.42 Å². The van der Waals surface area contributed by atoms with Crippen LogP contribution >= 0.6 is 11.6 Å². The average Bonchev–Trinajstić information content (AvgIpc) is 3.68. The molecule has 4 N–H and O–H groups in total. The monoisotopic (exact) mass is 615 g/mol. The molecular formula is C32H34ClN7O4. The maximum absolute atomic E-state index is 6.14. The first kappa shape index (κ1) is 29.5. The number of H-pyrrole nitrogens is 1. The summed E-state index contributed by atoms with van der Waals surface area (Å²) in [6, 6.07) is 17.8. The third-order valence-corrected chi connectivity index (χ3v) is 7.43. The fourth-order valence-corrected chi connectivity index (χ4v) is 5.16. The van der Waals surface area contributed by atoms with Gasteiger partial charge in [0.2, 0.25) is 0 Å². The van der Waals surface area contributed by atoms with E-state index in [2.05, 4.69) is 55.6 Å². The molecule has 3 heterocycles. The third kappa shape index (κ3) is 6.81. The molecule has 0 bridgehead atoms. The number of aromatic amines is 1. The van der Waals surface area contributed by atoms with Crippen LogP contribution in [-0.4, -0.2) is 67.2 Å². The highest BCUT2D eigenvalue weighted by Crippen LogP contribution is 2.35. The topological polar surface area (TPSA) is 118 Å². The zero-order chi connectivity index (χ0) is 30.3. The van der Waals surface area contributed by atoms with E-state index in [-0.39, 0.29) is 0 Å². The van der Waals surface area contributed by atoms with Crippen LogP contribution in [-0.2, 0) is 15.9 Å². The van der Waals surface area contributed by atoms with Crippen molar-refractivity contribution in [1.82, 2.24) is 30.9 Å². The summed E-state index contributed by atoms with van der Waals surface area (Å²) in [6.07, 6.45) is 6.51. The highest BCUT2D eigenvalue weighted by Gasteiger charge is 2.16. The number of benzene rings is 3. The first-order chi connectivity index (χ1) is 21.6. The van der Waals surface area contributed by atoms with Crippen LogP contribution in [0.3, 0.4) is 0 Å². The van der Waals surface area contributed by atoms with E-state index in [0.717, 1.165) is 51.4 Å². The molecule has 228 valence electrons. The Labute approximate surface area is 260 Å². The van der Waals surface area contributed by atoms with E-state index < -0.39 is 0 Å². The molecule has 3 aromatic carbocycles. The van der Waals surface area contributed by atoms with Crippen molar-refractivity contribution in [3.63, 3.8) is 0 Å². The van der Waals surface area contributed by atoms with Crippen molar-refractivity contribution in [1.29, 1.82) is 0 Å². The van der Waals surface area contributed by atoms with Gasteiger partial charge in [0.15, 0.2) is 11.5 Å². The number of nitrogens with one attached hydrogen (secondary N) is 4. The Morgan fingerprint density at radius 3 is 2.52 bits per heavy atom. The molecule has 5 aromatic rings. The van der Waals surface area contributed by atoms with E-state index in [1.165, 1.54) is 17.3 Å². The molecule has 12 heteroatoms. The fraction of sp³-hybridized carbons (Fsp3) is 0.250. The highest BCUT2D eigenvalue weighted by molar-refractivity contribution is 6.31. The predicted octanol–water partition coefficient (Wildman–Crippen LogP) is 5.42. The van der Waals surface area contributed by atoms with E-state index in [4.69, 9.17) is 30.5 Å². The molecule has 1 aliphatic rings. The molecule has 0 fully saturated rings. The van der Waals surface area contributed by atoms with Crippen molar-refractivity contribution >= 4 is 50.6 Å². The molecule has 11 nitrogen and oxygen atoms in total. The van der Waals surface area contributed by atoms with E-state index in [1.807, 2.05) is 47.6 Å². The number of methoxy groups -OCH3 is 2. The number of rotatable bonds is 14. The van der Waals surface area contributed by atoms with Crippen molar-refractivity contribution in [2.24, 2.45) is 0 Å². The van der Waals surface area contributed by atoms with Gasteiger partial charge in [-0.2, -0.15) is 0 Å². The van der Waals surface area contributed by atoms with Crippen LogP contribution in [0.1, 0.15) is 11.1 Å². The summed E-state index contributed by atoms with van der Waals surface area (Å²) in [7, 11) is 3.27. The molecule has 0 saturated carbocycles. The van der Waals surface area contributed by atoms with E-state index >= 15 is 0 Å². The van der Waals surface area contributed by atoms with Gasteiger partial charge >= 0.3 is 0 Å². The Morgan fingerprint density at radius 2 is 1.70 bits per heavy atom. The average molecular weight is 616 g/mol. The van der Waals surface area contributed by atoms with Gasteiger partial charge in [0.25, 0.3) is 0 Å². The lowest BCUT2D eigenvalue weighted by atomic mass is 10.1. The molecule has 6 rings (SSSR count). The standard InChI is InChI=1S/C32H34ClN7O4/c1-41-10-12-43-30-16-26-28(17-31(30)44-13-11-42-2)35-20-36-32(26)37-24-5-3-4-21(14-24)29-19-40(39-38-29)9-8-22-18-34-27-15-23(33)6-7-25(22)27/h3-7,14-20,34,38-39H,8-13H2,1-2H3,(H,35,36,37). The van der Waals surface area contributed by atoms with E-state index in [1.54, 1.807) is 14.2 Å². The lowest BCUT2D eigenvalue weighted by molar-refractivity contribution is 0.132. The fourth-order valence-electron chi connectivity index (χ4n) is 4.99. The predicted molar refractivity (Wildman–Crippen MR) is 172 cm³/mol. The number of nitrogens with zero attached hydrogens (tertiary/aromatic N) is 3. The van der Waals surface area contributed by atoms with Crippen molar-refractivity contribution < 1.29 is 18.9 Å². The molecular weight excluding hydrogens is 582 g/mol. The summed E-state index contributed by atoms with van der Waals surface area (Å²) < 4.78 is 22.2. The quantitative estimate of drug-likeness (QED) is 0.121. The van der Waals surface area contributed by atoms with Crippen LogP contribution in [0, 0.1) is 0 Å². The summed E-state index contributed by atoms with van der Waals surface area (Å²) in [5.74, 6) is 1.82. The number of hydrogen-bond donors (Lipinski definition) is 4. The number of hydrazine groups is 2. The second-order valence-corrected chi connectivity index (χ2v) is 10.6. The lowest BCUT2D eigenvalue weighted by Crippen LogP contribution is -2.37. The molecule has 1 aliphatic heterocycles. The third-order valence-electron chi connectivity index (χ3n) is 7.20. The Balaban J connectivity index is 1.17. The Kier molecular flexibility index (Phi) is 9.28. The maximum Gasteiger partial charge on any atom is 0.163 e. The van der Waals surface area contributed by atoms with Crippen molar-refractivity contribution in [2.75, 3.05) is 52.5 Å². The molecule has 0 radical (unpaired) electrons. The highest BCUT2D eigenvalue weighted by atomic mass is 35.5. The minimum atomic E-state index is 0.380. The van der Waals surface area contributed by atoms with E-state index in [0.29, 0.717) is 43.7 Å². The van der Waals surface area contributed by atoms with Gasteiger partial charge in [0.1, 0.15) is 25.4 Å². The second-order valence-electron chi connectivity index (χ2n) is 10.2. The Hall–Kier alpha value is -4.55. The van der Waals surface area contributed by atoms with Gasteiger partial charge in [0, 0.05) is 71.8 Å². The number of halogens is 1. The van der Waals surface area contributed by atoms with E-state index in [9.17, 15) is 0 Å². The molecule has 0 spiro atoms. The summed E-state index contributed by atoms with van der Waals surface area (Å²) in [6.45, 7) is 2.46. The minimum Gasteiger partial charge on any atom is -0.487 e. The maximum atomic E-state index is 6.14. The van der Waals surface area contributed by atoms with Gasteiger partial charge in [-0.25, -0.2) is 9.97 Å². The lowest BCUT2D eigenvalue weighted by Gasteiger charge is -2.15. The number of hydrogen-bond acceptors (Lipinski definition) is 10. The Bertz CT molecular complexity index is 1780. The van der Waals surface area contributed by atoms with Gasteiger partial charge < -0.3 is 34.7 Å². The molecule has 0 saturated heterocycles. The largest absolute Gasteiger partial charge is 0.487 e. The van der Waals surface area contributed by atoms with Gasteiger partial charge in [0.05, 0.1) is 24.4 Å². The Morgan fingerprint density at radius 1 is 0.886 bits per heavy atom. The van der Waals surface area contributed by atoms with Crippen LogP contribution in [0.4, 0.5) is 11.5 Å². The summed E-state index contributed by atoms with van der Waals surface area (Å²) in [5, 5.41) is 8.21. The number of anilines is 2. The number of aromatic nitrogens is 3. The van der Waals surface area contributed by atoms with Gasteiger partial charge in [-0.1, -0.05) is 29.8 Å². The molecule has 0 aliphatic carbocycles. The SMILES string of the molecule is COCCOc1cc2ncnc(Nc3cccc(C4=CN(CCc5c[nH]c6cc(Cl)ccc56)NN4)c3)c2cc1OCCOC. The van der Waals surface area contributed by atoms with Crippen LogP contribution in [0.15, 0.2) is 73.3 Å². The normalized spacial score (nSPS) is 12.9.